The van der Waals surface area contributed by atoms with Gasteiger partial charge in [0.25, 0.3) is 0 Å². The van der Waals surface area contributed by atoms with E-state index in [-0.39, 0.29) is 5.91 Å². The molecular weight excluding hydrogens is 274 g/mol. The number of aromatic nitrogens is 2. The van der Waals surface area contributed by atoms with Gasteiger partial charge in [-0.1, -0.05) is 26.0 Å². The van der Waals surface area contributed by atoms with Gasteiger partial charge < -0.3 is 4.90 Å². The molecule has 0 aromatic carbocycles. The summed E-state index contributed by atoms with van der Waals surface area (Å²) in [6.45, 7) is 5.73. The summed E-state index contributed by atoms with van der Waals surface area (Å²) in [7, 11) is 0. The Labute approximate surface area is 131 Å². The first kappa shape index (κ1) is 14.7. The maximum Gasteiger partial charge on any atom is 0.227 e. The second-order valence-electron chi connectivity index (χ2n) is 6.10. The predicted molar refractivity (Wildman–Crippen MR) is 85.4 cm³/mol. The van der Waals surface area contributed by atoms with Gasteiger partial charge in [-0.25, -0.2) is 0 Å². The third-order valence-corrected chi connectivity index (χ3v) is 4.09. The molecule has 22 heavy (non-hydrogen) atoms. The number of carbonyl (C=O) groups excluding carboxylic acids is 1. The molecule has 3 rings (SSSR count). The first-order chi connectivity index (χ1) is 10.6. The lowest BCUT2D eigenvalue weighted by molar-refractivity contribution is -0.131. The summed E-state index contributed by atoms with van der Waals surface area (Å²) in [5, 5.41) is 0. The van der Waals surface area contributed by atoms with Crippen LogP contribution in [0.1, 0.15) is 42.3 Å². The van der Waals surface area contributed by atoms with Gasteiger partial charge >= 0.3 is 0 Å². The van der Waals surface area contributed by atoms with Gasteiger partial charge in [0, 0.05) is 43.3 Å². The van der Waals surface area contributed by atoms with Crippen LogP contribution in [0, 0.1) is 0 Å². The van der Waals surface area contributed by atoms with Crippen LogP contribution in [0.3, 0.4) is 0 Å². The van der Waals surface area contributed by atoms with E-state index in [0.29, 0.717) is 18.9 Å². The maximum atomic E-state index is 12.4. The molecule has 0 spiro atoms. The Morgan fingerprint density at radius 1 is 1.32 bits per heavy atom. The minimum Gasteiger partial charge on any atom is -0.338 e. The molecule has 3 heterocycles. The molecular formula is C18H21N3O. The molecule has 0 fully saturated rings. The Morgan fingerprint density at radius 3 is 2.91 bits per heavy atom. The molecule has 0 atom stereocenters. The highest BCUT2D eigenvalue weighted by molar-refractivity contribution is 5.79. The molecule has 0 bridgehead atoms. The van der Waals surface area contributed by atoms with Crippen molar-refractivity contribution in [2.75, 3.05) is 6.54 Å². The second kappa shape index (κ2) is 6.26. The minimum atomic E-state index is 0.159. The van der Waals surface area contributed by atoms with E-state index in [1.165, 1.54) is 5.56 Å². The van der Waals surface area contributed by atoms with Crippen molar-refractivity contribution >= 4 is 5.91 Å². The van der Waals surface area contributed by atoms with E-state index in [1.807, 2.05) is 17.0 Å². The van der Waals surface area contributed by atoms with E-state index in [2.05, 4.69) is 31.0 Å². The van der Waals surface area contributed by atoms with Crippen LogP contribution in [0.25, 0.3) is 0 Å². The fraction of sp³-hybridized carbons (Fsp3) is 0.389. The van der Waals surface area contributed by atoms with E-state index in [0.717, 1.165) is 29.9 Å². The summed E-state index contributed by atoms with van der Waals surface area (Å²) in [6, 6.07) is 8.02. The summed E-state index contributed by atoms with van der Waals surface area (Å²) >= 11 is 0. The summed E-state index contributed by atoms with van der Waals surface area (Å²) in [5.41, 5.74) is 4.42. The number of carbonyl (C=O) groups is 1. The Kier molecular flexibility index (Phi) is 4.18. The van der Waals surface area contributed by atoms with E-state index < -0.39 is 0 Å². The SMILES string of the molecule is CC(C)c1ccc2c(n1)CCN(C(=O)Cc1cccnc1)C2. The van der Waals surface area contributed by atoms with Crippen molar-refractivity contribution < 1.29 is 4.79 Å². The maximum absolute atomic E-state index is 12.4. The summed E-state index contributed by atoms with van der Waals surface area (Å²) in [4.78, 5) is 23.2. The summed E-state index contributed by atoms with van der Waals surface area (Å²) < 4.78 is 0. The van der Waals surface area contributed by atoms with Crippen LogP contribution in [0.4, 0.5) is 0 Å². The number of rotatable bonds is 3. The molecule has 2 aromatic heterocycles. The molecule has 0 aliphatic carbocycles. The van der Waals surface area contributed by atoms with Gasteiger partial charge in [0.2, 0.25) is 5.91 Å². The smallest absolute Gasteiger partial charge is 0.227 e. The molecule has 1 amide bonds. The van der Waals surface area contributed by atoms with Crippen molar-refractivity contribution in [3.8, 4) is 0 Å². The average molecular weight is 295 g/mol. The van der Waals surface area contributed by atoms with Gasteiger partial charge in [0.05, 0.1) is 6.42 Å². The number of hydrogen-bond donors (Lipinski definition) is 0. The van der Waals surface area contributed by atoms with Crippen molar-refractivity contribution in [3.05, 3.63) is 59.2 Å². The van der Waals surface area contributed by atoms with Crippen LogP contribution in [-0.4, -0.2) is 27.3 Å². The highest BCUT2D eigenvalue weighted by Crippen LogP contribution is 2.21. The van der Waals surface area contributed by atoms with Crippen LogP contribution in [0.5, 0.6) is 0 Å². The molecule has 0 saturated heterocycles. The molecule has 1 aliphatic rings. The van der Waals surface area contributed by atoms with Crippen LogP contribution in [0.2, 0.25) is 0 Å². The highest BCUT2D eigenvalue weighted by Gasteiger charge is 2.22. The Morgan fingerprint density at radius 2 is 2.18 bits per heavy atom. The first-order valence-corrected chi connectivity index (χ1v) is 7.79. The summed E-state index contributed by atoms with van der Waals surface area (Å²) in [5.74, 6) is 0.599. The largest absolute Gasteiger partial charge is 0.338 e. The first-order valence-electron chi connectivity index (χ1n) is 7.79. The predicted octanol–water partition coefficient (Wildman–Crippen LogP) is 2.73. The lowest BCUT2D eigenvalue weighted by Gasteiger charge is -2.29. The van der Waals surface area contributed by atoms with E-state index in [4.69, 9.17) is 4.98 Å². The molecule has 114 valence electrons. The van der Waals surface area contributed by atoms with Crippen molar-refractivity contribution in [3.63, 3.8) is 0 Å². The normalized spacial score (nSPS) is 14.0. The van der Waals surface area contributed by atoms with Crippen LogP contribution in [0.15, 0.2) is 36.7 Å². The lowest BCUT2D eigenvalue weighted by atomic mass is 10.0. The molecule has 0 radical (unpaired) electrons. The van der Waals surface area contributed by atoms with Gasteiger partial charge in [-0.2, -0.15) is 0 Å². The molecule has 0 saturated carbocycles. The molecule has 1 aliphatic heterocycles. The van der Waals surface area contributed by atoms with Crippen LogP contribution < -0.4 is 0 Å². The van der Waals surface area contributed by atoms with Gasteiger partial charge in [0.1, 0.15) is 0 Å². The Bertz CT molecular complexity index is 667. The highest BCUT2D eigenvalue weighted by atomic mass is 16.2. The number of pyridine rings is 2. The van der Waals surface area contributed by atoms with Crippen molar-refractivity contribution in [2.24, 2.45) is 0 Å². The fourth-order valence-electron chi connectivity index (χ4n) is 2.76. The van der Waals surface area contributed by atoms with Gasteiger partial charge in [0.15, 0.2) is 0 Å². The summed E-state index contributed by atoms with van der Waals surface area (Å²) in [6.07, 6.45) is 4.74. The number of fused-ring (bicyclic) bond motifs is 1. The topological polar surface area (TPSA) is 46.1 Å². The van der Waals surface area contributed by atoms with Crippen molar-refractivity contribution in [1.82, 2.24) is 14.9 Å². The Balaban J connectivity index is 1.70. The molecule has 0 N–H and O–H groups in total. The third kappa shape index (κ3) is 3.16. The number of nitrogens with zero attached hydrogens (tertiary/aromatic N) is 3. The third-order valence-electron chi connectivity index (χ3n) is 4.09. The molecule has 2 aromatic rings. The molecule has 4 heteroatoms. The average Bonchev–Trinajstić information content (AvgIpc) is 2.54. The molecule has 0 unspecified atom stereocenters. The number of amides is 1. The van der Waals surface area contributed by atoms with Gasteiger partial charge in [-0.05, 0) is 29.2 Å². The lowest BCUT2D eigenvalue weighted by Crippen LogP contribution is -2.37. The van der Waals surface area contributed by atoms with Crippen LogP contribution >= 0.6 is 0 Å². The standard InChI is InChI=1S/C18H21N3O/c1-13(2)16-6-5-15-12-21(9-7-17(15)20-16)18(22)10-14-4-3-8-19-11-14/h3-6,8,11,13H,7,9-10,12H2,1-2H3. The van der Waals surface area contributed by atoms with Crippen molar-refractivity contribution in [2.45, 2.75) is 39.2 Å². The van der Waals surface area contributed by atoms with Gasteiger partial charge in [-0.3, -0.25) is 14.8 Å². The number of hydrogen-bond acceptors (Lipinski definition) is 3. The second-order valence-corrected chi connectivity index (χ2v) is 6.10. The van der Waals surface area contributed by atoms with Crippen LogP contribution in [-0.2, 0) is 24.2 Å². The van der Waals surface area contributed by atoms with Gasteiger partial charge in [-0.15, -0.1) is 0 Å². The zero-order chi connectivity index (χ0) is 15.5. The quantitative estimate of drug-likeness (QED) is 0.874. The zero-order valence-corrected chi connectivity index (χ0v) is 13.1. The monoisotopic (exact) mass is 295 g/mol. The van der Waals surface area contributed by atoms with E-state index in [1.54, 1.807) is 12.4 Å². The molecule has 4 nitrogen and oxygen atoms in total. The fourth-order valence-corrected chi connectivity index (χ4v) is 2.76. The van der Waals surface area contributed by atoms with Crippen molar-refractivity contribution in [1.29, 1.82) is 0 Å². The van der Waals surface area contributed by atoms with E-state index >= 15 is 0 Å². The van der Waals surface area contributed by atoms with E-state index in [9.17, 15) is 4.79 Å². The minimum absolute atomic E-state index is 0.159. The zero-order valence-electron chi connectivity index (χ0n) is 13.1. The Hall–Kier alpha value is -2.23.